The van der Waals surface area contributed by atoms with Crippen LogP contribution in [0.1, 0.15) is 12.5 Å². The Labute approximate surface area is 129 Å². The molecule has 1 aromatic heterocycles. The van der Waals surface area contributed by atoms with Gasteiger partial charge in [0.05, 0.1) is 0 Å². The Hall–Kier alpha value is -2.08. The van der Waals surface area contributed by atoms with Crippen molar-refractivity contribution in [3.63, 3.8) is 0 Å². The summed E-state index contributed by atoms with van der Waals surface area (Å²) in [5, 5.41) is 3.66. The minimum atomic E-state index is 0.231. The number of hydrogen-bond donors (Lipinski definition) is 1. The molecule has 1 heterocycles. The number of rotatable bonds is 5. The zero-order valence-corrected chi connectivity index (χ0v) is 13.3. The Kier molecular flexibility index (Phi) is 4.80. The van der Waals surface area contributed by atoms with Gasteiger partial charge in [-0.05, 0) is 31.5 Å². The van der Waals surface area contributed by atoms with Gasteiger partial charge in [-0.3, -0.25) is 0 Å². The van der Waals surface area contributed by atoms with Crippen molar-refractivity contribution < 1.29 is 4.74 Å². The molecule has 1 aromatic carbocycles. The van der Waals surface area contributed by atoms with Gasteiger partial charge < -0.3 is 15.0 Å². The predicted octanol–water partition coefficient (Wildman–Crippen LogP) is 3.12. The highest BCUT2D eigenvalue weighted by molar-refractivity contribution is 6.30. The Morgan fingerprint density at radius 1 is 1.24 bits per heavy atom. The quantitative estimate of drug-likeness (QED) is 0.915. The first-order valence-corrected chi connectivity index (χ1v) is 6.98. The minimum absolute atomic E-state index is 0.231. The Morgan fingerprint density at radius 3 is 2.67 bits per heavy atom. The number of nitrogens with zero attached hydrogens (tertiary/aromatic N) is 4. The minimum Gasteiger partial charge on any atom is -0.424 e. The summed E-state index contributed by atoms with van der Waals surface area (Å²) in [6, 6.07) is 5.67. The molecule has 0 radical (unpaired) electrons. The lowest BCUT2D eigenvalue weighted by Gasteiger charge is -2.14. The van der Waals surface area contributed by atoms with Crippen LogP contribution in [-0.4, -0.2) is 35.6 Å². The number of hydrogen-bond acceptors (Lipinski definition) is 6. The lowest BCUT2D eigenvalue weighted by molar-refractivity contribution is 0.437. The molecule has 0 aliphatic rings. The van der Waals surface area contributed by atoms with Crippen molar-refractivity contribution in [1.29, 1.82) is 0 Å². The van der Waals surface area contributed by atoms with Crippen LogP contribution >= 0.6 is 11.6 Å². The summed E-state index contributed by atoms with van der Waals surface area (Å²) in [5.74, 6) is 1.63. The third kappa shape index (κ3) is 3.95. The fourth-order valence-corrected chi connectivity index (χ4v) is 1.77. The number of nitrogens with one attached hydrogen (secondary N) is 1. The van der Waals surface area contributed by atoms with E-state index in [0.717, 1.165) is 5.56 Å². The van der Waals surface area contributed by atoms with Crippen molar-refractivity contribution in [3.05, 3.63) is 28.8 Å². The molecule has 0 aliphatic carbocycles. The molecule has 0 saturated carbocycles. The zero-order chi connectivity index (χ0) is 15.4. The molecule has 0 spiro atoms. The molecule has 0 saturated heterocycles. The van der Waals surface area contributed by atoms with E-state index < -0.39 is 0 Å². The van der Waals surface area contributed by atoms with E-state index in [1.54, 1.807) is 11.0 Å². The highest BCUT2D eigenvalue weighted by Gasteiger charge is 2.11. The van der Waals surface area contributed by atoms with Crippen molar-refractivity contribution in [3.8, 4) is 11.8 Å². The second-order valence-electron chi connectivity index (χ2n) is 4.68. The van der Waals surface area contributed by atoms with Crippen molar-refractivity contribution >= 4 is 23.5 Å². The smallest absolute Gasteiger partial charge is 0.328 e. The maximum absolute atomic E-state index is 5.99. The molecular formula is C14H18ClN5O. The topological polar surface area (TPSA) is 63.2 Å². The first-order valence-electron chi connectivity index (χ1n) is 6.61. The average molecular weight is 308 g/mol. The summed E-state index contributed by atoms with van der Waals surface area (Å²) >= 11 is 5.99. The molecule has 21 heavy (non-hydrogen) atoms. The number of halogens is 1. The fourth-order valence-electron chi connectivity index (χ4n) is 1.61. The Balaban J connectivity index is 2.36. The van der Waals surface area contributed by atoms with Crippen molar-refractivity contribution in [2.24, 2.45) is 0 Å². The van der Waals surface area contributed by atoms with Gasteiger partial charge in [0.25, 0.3) is 0 Å². The van der Waals surface area contributed by atoms with Gasteiger partial charge in [-0.25, -0.2) is 0 Å². The van der Waals surface area contributed by atoms with E-state index in [2.05, 4.69) is 20.3 Å². The van der Waals surface area contributed by atoms with Gasteiger partial charge in [0.15, 0.2) is 0 Å². The largest absolute Gasteiger partial charge is 0.424 e. The molecule has 0 unspecified atom stereocenters. The van der Waals surface area contributed by atoms with Crippen LogP contribution in [0.3, 0.4) is 0 Å². The molecule has 6 nitrogen and oxygen atoms in total. The van der Waals surface area contributed by atoms with Crippen molar-refractivity contribution in [2.75, 3.05) is 30.9 Å². The van der Waals surface area contributed by atoms with Crippen LogP contribution in [0.2, 0.25) is 5.02 Å². The predicted molar refractivity (Wildman–Crippen MR) is 84.6 cm³/mol. The average Bonchev–Trinajstić information content (AvgIpc) is 2.43. The van der Waals surface area contributed by atoms with Gasteiger partial charge in [0, 0.05) is 25.7 Å². The summed E-state index contributed by atoms with van der Waals surface area (Å²) in [4.78, 5) is 14.6. The summed E-state index contributed by atoms with van der Waals surface area (Å²) in [6.45, 7) is 4.62. The molecular weight excluding hydrogens is 290 g/mol. The molecule has 2 rings (SSSR count). The van der Waals surface area contributed by atoms with Crippen LogP contribution in [-0.2, 0) is 0 Å². The second-order valence-corrected chi connectivity index (χ2v) is 5.11. The lowest BCUT2D eigenvalue weighted by atomic mass is 10.2. The summed E-state index contributed by atoms with van der Waals surface area (Å²) < 4.78 is 5.75. The molecule has 7 heteroatoms. The van der Waals surface area contributed by atoms with Crippen molar-refractivity contribution in [1.82, 2.24) is 15.0 Å². The lowest BCUT2D eigenvalue weighted by Crippen LogP contribution is -2.15. The third-order valence-electron chi connectivity index (χ3n) is 2.69. The second kappa shape index (κ2) is 6.58. The summed E-state index contributed by atoms with van der Waals surface area (Å²) in [5.41, 5.74) is 0.955. The molecule has 0 atom stereocenters. The maximum atomic E-state index is 5.99. The molecule has 112 valence electrons. The summed E-state index contributed by atoms with van der Waals surface area (Å²) in [7, 11) is 3.72. The van der Waals surface area contributed by atoms with Gasteiger partial charge >= 0.3 is 6.01 Å². The first kappa shape index (κ1) is 15.3. The van der Waals surface area contributed by atoms with Gasteiger partial charge in [0.2, 0.25) is 11.9 Å². The molecule has 0 bridgehead atoms. The Morgan fingerprint density at radius 2 is 2.00 bits per heavy atom. The van der Waals surface area contributed by atoms with Crippen LogP contribution in [0.25, 0.3) is 0 Å². The normalized spacial score (nSPS) is 10.3. The van der Waals surface area contributed by atoms with E-state index in [4.69, 9.17) is 16.3 Å². The van der Waals surface area contributed by atoms with Crippen LogP contribution in [0.15, 0.2) is 18.2 Å². The first-order chi connectivity index (χ1) is 9.99. The third-order valence-corrected chi connectivity index (χ3v) is 2.92. The molecule has 2 aromatic rings. The van der Waals surface area contributed by atoms with E-state index in [9.17, 15) is 0 Å². The van der Waals surface area contributed by atoms with Crippen LogP contribution in [0.5, 0.6) is 11.8 Å². The number of ether oxygens (including phenoxy) is 1. The van der Waals surface area contributed by atoms with E-state index in [1.165, 1.54) is 0 Å². The van der Waals surface area contributed by atoms with E-state index >= 15 is 0 Å². The standard InChI is InChI=1S/C14H18ClN5O/c1-5-16-12-17-13(20(3)4)19-14(18-12)21-11-8-10(15)7-6-9(11)2/h6-8H,5H2,1-4H3,(H,16,17,18,19). The van der Waals surface area contributed by atoms with E-state index in [1.807, 2.05) is 40.1 Å². The highest BCUT2D eigenvalue weighted by Crippen LogP contribution is 2.27. The summed E-state index contributed by atoms with van der Waals surface area (Å²) in [6.07, 6.45) is 0. The van der Waals surface area contributed by atoms with Gasteiger partial charge in [-0.2, -0.15) is 15.0 Å². The van der Waals surface area contributed by atoms with Crippen LogP contribution in [0, 0.1) is 6.92 Å². The van der Waals surface area contributed by atoms with Gasteiger partial charge in [-0.1, -0.05) is 17.7 Å². The van der Waals surface area contributed by atoms with Crippen LogP contribution in [0.4, 0.5) is 11.9 Å². The van der Waals surface area contributed by atoms with E-state index in [-0.39, 0.29) is 6.01 Å². The number of aryl methyl sites for hydroxylation is 1. The monoisotopic (exact) mass is 307 g/mol. The molecule has 0 aliphatic heterocycles. The fraction of sp³-hybridized carbons (Fsp3) is 0.357. The Bertz CT molecular complexity index is 633. The number of benzene rings is 1. The molecule has 1 N–H and O–H groups in total. The SMILES string of the molecule is CCNc1nc(Oc2cc(Cl)ccc2C)nc(N(C)C)n1. The van der Waals surface area contributed by atoms with Crippen molar-refractivity contribution in [2.45, 2.75) is 13.8 Å². The van der Waals surface area contributed by atoms with Crippen LogP contribution < -0.4 is 15.0 Å². The van der Waals surface area contributed by atoms with Gasteiger partial charge in [0.1, 0.15) is 5.75 Å². The number of anilines is 2. The van der Waals surface area contributed by atoms with E-state index in [0.29, 0.717) is 29.2 Å². The van der Waals surface area contributed by atoms with Gasteiger partial charge in [-0.15, -0.1) is 0 Å². The highest BCUT2D eigenvalue weighted by atomic mass is 35.5. The number of aromatic nitrogens is 3. The molecule has 0 amide bonds. The molecule has 0 fully saturated rings. The zero-order valence-electron chi connectivity index (χ0n) is 12.5. The maximum Gasteiger partial charge on any atom is 0.328 e.